The molecule has 1 aromatic carbocycles. The minimum absolute atomic E-state index is 0.194. The van der Waals surface area contributed by atoms with E-state index in [-0.39, 0.29) is 12.1 Å². The molecule has 0 aliphatic heterocycles. The Balaban J connectivity index is 2.09. The molecule has 0 fully saturated rings. The number of nitrogens with one attached hydrogen (secondary N) is 1. The van der Waals surface area contributed by atoms with Crippen molar-refractivity contribution in [3.63, 3.8) is 0 Å². The zero-order valence-corrected chi connectivity index (χ0v) is 11.4. The second-order valence-corrected chi connectivity index (χ2v) is 4.70. The third-order valence-corrected chi connectivity index (χ3v) is 3.29. The molecule has 2 N–H and O–H groups in total. The second kappa shape index (κ2) is 6.34. The largest absolute Gasteiger partial charge is 0.508 e. The highest BCUT2D eigenvalue weighted by molar-refractivity contribution is 5.28. The van der Waals surface area contributed by atoms with Crippen molar-refractivity contribution in [1.82, 2.24) is 10.3 Å². The average molecular weight is 256 g/mol. The van der Waals surface area contributed by atoms with Gasteiger partial charge in [-0.15, -0.1) is 0 Å². The number of aromatic hydroxyl groups is 1. The summed E-state index contributed by atoms with van der Waals surface area (Å²) in [7, 11) is 0. The lowest BCUT2D eigenvalue weighted by Gasteiger charge is -2.22. The molecule has 0 saturated heterocycles. The quantitative estimate of drug-likeness (QED) is 0.859. The van der Waals surface area contributed by atoms with E-state index in [0.717, 1.165) is 12.1 Å². The van der Waals surface area contributed by atoms with E-state index in [9.17, 15) is 5.11 Å². The summed E-state index contributed by atoms with van der Waals surface area (Å²) in [5, 5.41) is 12.9. The van der Waals surface area contributed by atoms with Gasteiger partial charge in [0.1, 0.15) is 5.75 Å². The molecular formula is C16H20N2O. The summed E-state index contributed by atoms with van der Waals surface area (Å²) in [6.07, 6.45) is 2.80. The van der Waals surface area contributed by atoms with Crippen molar-refractivity contribution in [2.75, 3.05) is 0 Å². The molecule has 2 unspecified atom stereocenters. The fourth-order valence-corrected chi connectivity index (χ4v) is 2.18. The molecule has 2 aromatic rings. The van der Waals surface area contributed by atoms with E-state index in [1.807, 2.05) is 36.5 Å². The number of benzene rings is 1. The highest BCUT2D eigenvalue weighted by atomic mass is 16.3. The fraction of sp³-hybridized carbons (Fsp3) is 0.312. The lowest BCUT2D eigenvalue weighted by Crippen LogP contribution is -2.24. The van der Waals surface area contributed by atoms with Crippen LogP contribution in [-0.4, -0.2) is 10.1 Å². The molecule has 100 valence electrons. The molecule has 1 heterocycles. The fourth-order valence-electron chi connectivity index (χ4n) is 2.18. The summed E-state index contributed by atoms with van der Waals surface area (Å²) in [5.41, 5.74) is 2.22. The molecule has 2 atom stereocenters. The van der Waals surface area contributed by atoms with Crippen molar-refractivity contribution < 1.29 is 5.11 Å². The van der Waals surface area contributed by atoms with Crippen LogP contribution in [-0.2, 0) is 0 Å². The van der Waals surface area contributed by atoms with Crippen molar-refractivity contribution in [3.8, 4) is 5.75 Å². The summed E-state index contributed by atoms with van der Waals surface area (Å²) in [6, 6.07) is 13.8. The Hall–Kier alpha value is -1.87. The van der Waals surface area contributed by atoms with Crippen molar-refractivity contribution >= 4 is 0 Å². The van der Waals surface area contributed by atoms with Gasteiger partial charge < -0.3 is 10.4 Å². The third-order valence-electron chi connectivity index (χ3n) is 3.29. The van der Waals surface area contributed by atoms with Gasteiger partial charge in [-0.25, -0.2) is 0 Å². The van der Waals surface area contributed by atoms with Crippen LogP contribution in [0, 0.1) is 0 Å². The van der Waals surface area contributed by atoms with Gasteiger partial charge in [0.15, 0.2) is 0 Å². The molecule has 19 heavy (non-hydrogen) atoms. The molecule has 2 rings (SSSR count). The maximum Gasteiger partial charge on any atom is 0.115 e. The summed E-state index contributed by atoms with van der Waals surface area (Å²) >= 11 is 0. The Bertz CT molecular complexity index is 496. The number of rotatable bonds is 5. The Morgan fingerprint density at radius 1 is 1.16 bits per heavy atom. The molecule has 0 bridgehead atoms. The zero-order chi connectivity index (χ0) is 13.7. The van der Waals surface area contributed by atoms with Crippen LogP contribution in [0.3, 0.4) is 0 Å². The molecule has 0 spiro atoms. The predicted molar refractivity (Wildman–Crippen MR) is 76.9 cm³/mol. The van der Waals surface area contributed by atoms with Crippen molar-refractivity contribution in [1.29, 1.82) is 0 Å². The molecule has 3 nitrogen and oxygen atoms in total. The highest BCUT2D eigenvalue weighted by Gasteiger charge is 2.14. The van der Waals surface area contributed by atoms with E-state index >= 15 is 0 Å². The Kier molecular flexibility index (Phi) is 4.53. The van der Waals surface area contributed by atoms with Gasteiger partial charge >= 0.3 is 0 Å². The summed E-state index contributed by atoms with van der Waals surface area (Å²) < 4.78 is 0. The Labute approximate surface area is 114 Å². The number of hydrogen-bond donors (Lipinski definition) is 2. The second-order valence-electron chi connectivity index (χ2n) is 4.70. The van der Waals surface area contributed by atoms with Gasteiger partial charge in [0, 0.05) is 18.3 Å². The summed E-state index contributed by atoms with van der Waals surface area (Å²) in [6.45, 7) is 4.26. The first-order valence-corrected chi connectivity index (χ1v) is 6.66. The van der Waals surface area contributed by atoms with Crippen molar-refractivity contribution in [2.24, 2.45) is 0 Å². The van der Waals surface area contributed by atoms with Crippen LogP contribution in [0.5, 0.6) is 5.75 Å². The standard InChI is InChI=1S/C16H20N2O/c1-3-15(13-7-9-14(19)10-8-13)18-12(2)16-6-4-5-11-17-16/h4-12,15,18-19H,3H2,1-2H3. The van der Waals surface area contributed by atoms with E-state index in [4.69, 9.17) is 0 Å². The minimum Gasteiger partial charge on any atom is -0.508 e. The van der Waals surface area contributed by atoms with E-state index < -0.39 is 0 Å². The lowest BCUT2D eigenvalue weighted by atomic mass is 10.0. The van der Waals surface area contributed by atoms with E-state index in [2.05, 4.69) is 24.1 Å². The lowest BCUT2D eigenvalue weighted by molar-refractivity contribution is 0.447. The molecule has 0 aliphatic rings. The predicted octanol–water partition coefficient (Wildman–Crippen LogP) is 3.59. The smallest absolute Gasteiger partial charge is 0.115 e. The Morgan fingerprint density at radius 3 is 2.47 bits per heavy atom. The molecule has 1 aromatic heterocycles. The molecular weight excluding hydrogens is 236 g/mol. The molecule has 0 saturated carbocycles. The van der Waals surface area contributed by atoms with E-state index in [1.54, 1.807) is 12.1 Å². The van der Waals surface area contributed by atoms with Gasteiger partial charge in [-0.05, 0) is 43.2 Å². The highest BCUT2D eigenvalue weighted by Crippen LogP contribution is 2.22. The van der Waals surface area contributed by atoms with Crippen LogP contribution in [0.2, 0.25) is 0 Å². The summed E-state index contributed by atoms with van der Waals surface area (Å²) in [4.78, 5) is 4.37. The third kappa shape index (κ3) is 3.55. The average Bonchev–Trinajstić information content (AvgIpc) is 2.46. The van der Waals surface area contributed by atoms with Crippen LogP contribution in [0.1, 0.15) is 43.6 Å². The number of phenolic OH excluding ortho intramolecular Hbond substituents is 1. The number of phenols is 1. The summed E-state index contributed by atoms with van der Waals surface area (Å²) in [5.74, 6) is 0.302. The van der Waals surface area contributed by atoms with Gasteiger partial charge in [0.05, 0.1) is 5.69 Å². The van der Waals surface area contributed by atoms with Gasteiger partial charge in [0.25, 0.3) is 0 Å². The van der Waals surface area contributed by atoms with Crippen LogP contribution in [0.25, 0.3) is 0 Å². The van der Waals surface area contributed by atoms with Crippen molar-refractivity contribution in [2.45, 2.75) is 32.4 Å². The van der Waals surface area contributed by atoms with Gasteiger partial charge in [-0.2, -0.15) is 0 Å². The molecule has 0 radical (unpaired) electrons. The van der Waals surface area contributed by atoms with E-state index in [1.165, 1.54) is 5.56 Å². The first kappa shape index (κ1) is 13.6. The van der Waals surface area contributed by atoms with Crippen LogP contribution in [0.4, 0.5) is 0 Å². The van der Waals surface area contributed by atoms with Gasteiger partial charge in [0.2, 0.25) is 0 Å². The maximum absolute atomic E-state index is 9.34. The van der Waals surface area contributed by atoms with E-state index in [0.29, 0.717) is 5.75 Å². The zero-order valence-electron chi connectivity index (χ0n) is 11.4. The molecule has 0 amide bonds. The van der Waals surface area contributed by atoms with Gasteiger partial charge in [-0.3, -0.25) is 4.98 Å². The molecule has 3 heteroatoms. The molecule has 0 aliphatic carbocycles. The van der Waals surface area contributed by atoms with Crippen LogP contribution in [0.15, 0.2) is 48.7 Å². The minimum atomic E-state index is 0.194. The normalized spacial score (nSPS) is 14.0. The maximum atomic E-state index is 9.34. The first-order valence-electron chi connectivity index (χ1n) is 6.66. The topological polar surface area (TPSA) is 45.2 Å². The van der Waals surface area contributed by atoms with Gasteiger partial charge in [-0.1, -0.05) is 25.1 Å². The SMILES string of the molecule is CCC(NC(C)c1ccccn1)c1ccc(O)cc1. The monoisotopic (exact) mass is 256 g/mol. The van der Waals surface area contributed by atoms with Crippen LogP contribution >= 0.6 is 0 Å². The van der Waals surface area contributed by atoms with Crippen molar-refractivity contribution in [3.05, 3.63) is 59.9 Å². The number of aromatic nitrogens is 1. The number of nitrogens with zero attached hydrogens (tertiary/aromatic N) is 1. The number of hydrogen-bond acceptors (Lipinski definition) is 3. The first-order chi connectivity index (χ1) is 9.20. The number of pyridine rings is 1. The van der Waals surface area contributed by atoms with Crippen LogP contribution < -0.4 is 5.32 Å². The Morgan fingerprint density at radius 2 is 1.89 bits per heavy atom.